The largest absolute Gasteiger partial charge is 0.481 e. The van der Waals surface area contributed by atoms with E-state index in [9.17, 15) is 4.79 Å². The van der Waals surface area contributed by atoms with E-state index in [0.29, 0.717) is 19.1 Å². The fraction of sp³-hybridized carbons (Fsp3) is 0.500. The van der Waals surface area contributed by atoms with E-state index >= 15 is 0 Å². The predicted octanol–water partition coefficient (Wildman–Crippen LogP) is 1.79. The molecule has 3 N–H and O–H groups in total. The molecular formula is C22H30N4O4. The average Bonchev–Trinajstić information content (AvgIpc) is 3.23. The second-order valence-corrected chi connectivity index (χ2v) is 7.66. The molecule has 30 heavy (non-hydrogen) atoms. The van der Waals surface area contributed by atoms with Gasteiger partial charge in [-0.2, -0.15) is 5.10 Å². The van der Waals surface area contributed by atoms with Gasteiger partial charge in [0, 0.05) is 51.1 Å². The number of ether oxygens (including phenoxy) is 1. The second kappa shape index (κ2) is 10.9. The van der Waals surface area contributed by atoms with Crippen LogP contribution in [-0.2, 0) is 20.7 Å². The number of carboxylic acids is 1. The molecule has 3 heterocycles. The number of rotatable bonds is 4. The van der Waals surface area contributed by atoms with E-state index in [2.05, 4.69) is 45.8 Å². The molecule has 0 spiro atoms. The molecule has 1 atom stereocenters. The first-order valence-corrected chi connectivity index (χ1v) is 10.4. The number of amides is 1. The summed E-state index contributed by atoms with van der Waals surface area (Å²) < 4.78 is 5.59. The van der Waals surface area contributed by atoms with Crippen LogP contribution in [0.2, 0.25) is 0 Å². The lowest BCUT2D eigenvalue weighted by Gasteiger charge is -2.34. The Kier molecular flexibility index (Phi) is 7.98. The average molecular weight is 415 g/mol. The molecule has 8 nitrogen and oxygen atoms in total. The minimum Gasteiger partial charge on any atom is -0.481 e. The van der Waals surface area contributed by atoms with Gasteiger partial charge in [-0.15, -0.1) is 0 Å². The Hall–Kier alpha value is -2.71. The van der Waals surface area contributed by atoms with Crippen LogP contribution in [0.4, 0.5) is 0 Å². The molecule has 1 aromatic carbocycles. The minimum atomic E-state index is -0.833. The summed E-state index contributed by atoms with van der Waals surface area (Å²) in [5, 5.41) is 18.4. The number of hydrogen-bond donors (Lipinski definition) is 3. The molecule has 2 aromatic rings. The number of aliphatic carboxylic acids is 1. The van der Waals surface area contributed by atoms with E-state index in [-0.39, 0.29) is 12.0 Å². The smallest absolute Gasteiger partial charge is 0.300 e. The second-order valence-electron chi connectivity index (χ2n) is 7.66. The molecular weight excluding hydrogens is 384 g/mol. The van der Waals surface area contributed by atoms with Gasteiger partial charge in [-0.05, 0) is 24.5 Å². The van der Waals surface area contributed by atoms with E-state index < -0.39 is 5.97 Å². The first-order chi connectivity index (χ1) is 14.5. The number of carbonyl (C=O) groups is 2. The number of piperidine rings is 1. The van der Waals surface area contributed by atoms with Crippen LogP contribution in [0.15, 0.2) is 36.4 Å². The highest BCUT2D eigenvalue weighted by Gasteiger charge is 2.30. The molecule has 0 bridgehead atoms. The number of morpholine rings is 1. The summed E-state index contributed by atoms with van der Waals surface area (Å²) in [7, 11) is 0. The number of hydrogen-bond acceptors (Lipinski definition) is 5. The molecule has 2 aliphatic rings. The fourth-order valence-corrected chi connectivity index (χ4v) is 3.82. The van der Waals surface area contributed by atoms with Gasteiger partial charge in [0.25, 0.3) is 11.9 Å². The number of likely N-dealkylation sites (tertiary alicyclic amines) is 1. The van der Waals surface area contributed by atoms with Crippen molar-refractivity contribution in [2.24, 2.45) is 0 Å². The number of carboxylic acid groups (broad SMARTS) is 1. The topological polar surface area (TPSA) is 108 Å². The van der Waals surface area contributed by atoms with Gasteiger partial charge in [0.1, 0.15) is 6.10 Å². The summed E-state index contributed by atoms with van der Waals surface area (Å²) in [6.07, 6.45) is 2.48. The molecule has 2 fully saturated rings. The van der Waals surface area contributed by atoms with Crippen molar-refractivity contribution in [3.8, 4) is 0 Å². The highest BCUT2D eigenvalue weighted by atomic mass is 16.5. The van der Waals surface area contributed by atoms with E-state index in [1.165, 1.54) is 5.56 Å². The molecule has 1 aromatic heterocycles. The number of aromatic nitrogens is 2. The third-order valence-corrected chi connectivity index (χ3v) is 5.32. The molecule has 0 saturated carbocycles. The van der Waals surface area contributed by atoms with Crippen molar-refractivity contribution >= 4 is 11.9 Å². The number of nitrogens with one attached hydrogen (secondary N) is 2. The van der Waals surface area contributed by atoms with Crippen LogP contribution >= 0.6 is 0 Å². The molecule has 8 heteroatoms. The summed E-state index contributed by atoms with van der Waals surface area (Å²) >= 11 is 0. The van der Waals surface area contributed by atoms with Crippen molar-refractivity contribution in [2.45, 2.75) is 38.2 Å². The van der Waals surface area contributed by atoms with Gasteiger partial charge in [-0.3, -0.25) is 14.7 Å². The number of aromatic amines is 1. The summed E-state index contributed by atoms with van der Waals surface area (Å²) in [6.45, 7) is 4.72. The van der Waals surface area contributed by atoms with Gasteiger partial charge >= 0.3 is 0 Å². The molecule has 1 amide bonds. The lowest BCUT2D eigenvalue weighted by atomic mass is 9.93. The maximum atomic E-state index is 12.5. The Labute approximate surface area is 176 Å². The maximum absolute atomic E-state index is 12.5. The maximum Gasteiger partial charge on any atom is 0.300 e. The summed E-state index contributed by atoms with van der Waals surface area (Å²) in [4.78, 5) is 23.5. The lowest BCUT2D eigenvalue weighted by molar-refractivity contribution is -0.146. The summed E-state index contributed by atoms with van der Waals surface area (Å²) in [5.74, 6) is -0.285. The number of H-pyrrole nitrogens is 1. The van der Waals surface area contributed by atoms with Crippen LogP contribution in [0.3, 0.4) is 0 Å². The predicted molar refractivity (Wildman–Crippen MR) is 112 cm³/mol. The van der Waals surface area contributed by atoms with E-state index in [1.54, 1.807) is 0 Å². The van der Waals surface area contributed by atoms with Gasteiger partial charge < -0.3 is 20.1 Å². The number of nitrogens with zero attached hydrogens (tertiary/aromatic N) is 2. The zero-order valence-corrected chi connectivity index (χ0v) is 17.3. The summed E-state index contributed by atoms with van der Waals surface area (Å²) in [6, 6.07) is 12.6. The zero-order valence-electron chi connectivity index (χ0n) is 17.3. The molecule has 4 rings (SSSR count). The van der Waals surface area contributed by atoms with Crippen LogP contribution in [0.25, 0.3) is 0 Å². The Morgan fingerprint density at radius 1 is 1.23 bits per heavy atom. The third kappa shape index (κ3) is 6.40. The number of carbonyl (C=O) groups excluding carboxylic acids is 1. The molecule has 0 aliphatic carbocycles. The van der Waals surface area contributed by atoms with Gasteiger partial charge in [-0.25, -0.2) is 0 Å². The van der Waals surface area contributed by atoms with Crippen molar-refractivity contribution in [3.05, 3.63) is 53.3 Å². The monoisotopic (exact) mass is 414 g/mol. The van der Waals surface area contributed by atoms with Crippen LogP contribution in [-0.4, -0.2) is 71.0 Å². The molecule has 162 valence electrons. The van der Waals surface area contributed by atoms with E-state index in [0.717, 1.165) is 57.2 Å². The molecule has 0 radical (unpaired) electrons. The minimum absolute atomic E-state index is 0.127. The Morgan fingerprint density at radius 3 is 2.57 bits per heavy atom. The Bertz CT molecular complexity index is 806. The van der Waals surface area contributed by atoms with Crippen LogP contribution in [0, 0.1) is 0 Å². The van der Waals surface area contributed by atoms with Gasteiger partial charge in [-0.1, -0.05) is 30.3 Å². The van der Waals surface area contributed by atoms with Crippen LogP contribution in [0.5, 0.6) is 0 Å². The first kappa shape index (κ1) is 22.0. The Morgan fingerprint density at radius 2 is 1.93 bits per heavy atom. The zero-order chi connectivity index (χ0) is 21.3. The quantitative estimate of drug-likeness (QED) is 0.704. The van der Waals surface area contributed by atoms with Crippen molar-refractivity contribution in [1.29, 1.82) is 0 Å². The lowest BCUT2D eigenvalue weighted by Crippen LogP contribution is -2.51. The Balaban J connectivity index is 0.000000589. The normalized spacial score (nSPS) is 19.6. The van der Waals surface area contributed by atoms with E-state index in [4.69, 9.17) is 14.6 Å². The highest BCUT2D eigenvalue weighted by molar-refractivity contribution is 5.81. The van der Waals surface area contributed by atoms with Crippen LogP contribution in [0.1, 0.15) is 42.6 Å². The SMILES string of the molecule is CC(=O)O.O=C(C1CNCCO1)N1CCC(c2cc(Cc3ccccc3)[nH]n2)CC1. The van der Waals surface area contributed by atoms with Gasteiger partial charge in [0.05, 0.1) is 12.3 Å². The molecule has 1 unspecified atom stereocenters. The summed E-state index contributed by atoms with van der Waals surface area (Å²) in [5.41, 5.74) is 3.55. The highest BCUT2D eigenvalue weighted by Crippen LogP contribution is 2.28. The van der Waals surface area contributed by atoms with Gasteiger partial charge in [0.15, 0.2) is 0 Å². The van der Waals surface area contributed by atoms with Gasteiger partial charge in [0.2, 0.25) is 0 Å². The molecule has 2 saturated heterocycles. The standard InChI is InChI=1S/C20H26N4O2.C2H4O2/c25-20(19-14-21-8-11-26-19)24-9-6-16(7-10-24)18-13-17(22-23-18)12-15-4-2-1-3-5-15;1-2(3)4/h1-5,13,16,19,21H,6-12,14H2,(H,22,23);1H3,(H,3,4). The fourth-order valence-electron chi connectivity index (χ4n) is 3.82. The van der Waals surface area contributed by atoms with Crippen molar-refractivity contribution in [1.82, 2.24) is 20.4 Å². The van der Waals surface area contributed by atoms with E-state index in [1.807, 2.05) is 11.0 Å². The number of benzene rings is 1. The third-order valence-electron chi connectivity index (χ3n) is 5.32. The van der Waals surface area contributed by atoms with Crippen molar-refractivity contribution in [2.75, 3.05) is 32.8 Å². The van der Waals surface area contributed by atoms with Crippen molar-refractivity contribution in [3.63, 3.8) is 0 Å². The first-order valence-electron chi connectivity index (χ1n) is 10.4. The van der Waals surface area contributed by atoms with Crippen LogP contribution < -0.4 is 5.32 Å². The van der Waals surface area contributed by atoms with Crippen molar-refractivity contribution < 1.29 is 19.4 Å². The molecule has 2 aliphatic heterocycles.